The van der Waals surface area contributed by atoms with Crippen molar-refractivity contribution in [1.29, 1.82) is 0 Å². The van der Waals surface area contributed by atoms with Gasteiger partial charge in [0.2, 0.25) is 10.0 Å². The van der Waals surface area contributed by atoms with Crippen molar-refractivity contribution >= 4 is 37.5 Å². The van der Waals surface area contributed by atoms with Crippen molar-refractivity contribution in [2.24, 2.45) is 0 Å². The van der Waals surface area contributed by atoms with Gasteiger partial charge in [-0.1, -0.05) is 32.0 Å². The summed E-state index contributed by atoms with van der Waals surface area (Å²) >= 11 is 3.16. The molecule has 158 valence electrons. The number of nitrogens with one attached hydrogen (secondary N) is 1. The Morgan fingerprint density at radius 1 is 1.07 bits per heavy atom. The van der Waals surface area contributed by atoms with Crippen LogP contribution in [0.5, 0.6) is 11.5 Å². The molecule has 0 aliphatic carbocycles. The number of furan rings is 1. The van der Waals surface area contributed by atoms with E-state index in [9.17, 15) is 13.2 Å². The number of para-hydroxylation sites is 1. The van der Waals surface area contributed by atoms with Crippen LogP contribution in [0.1, 0.15) is 24.4 Å². The molecule has 3 aromatic rings. The number of halogens is 1. The van der Waals surface area contributed by atoms with Crippen molar-refractivity contribution in [2.75, 3.05) is 18.4 Å². The number of anilines is 1. The molecule has 0 radical (unpaired) electrons. The molecule has 30 heavy (non-hydrogen) atoms. The van der Waals surface area contributed by atoms with Gasteiger partial charge >= 0.3 is 0 Å². The van der Waals surface area contributed by atoms with Gasteiger partial charge in [0.05, 0.1) is 10.6 Å². The van der Waals surface area contributed by atoms with Crippen LogP contribution in [-0.2, 0) is 10.0 Å². The molecule has 0 fully saturated rings. The summed E-state index contributed by atoms with van der Waals surface area (Å²) in [5.41, 5.74) is 0.213. The number of hydrogen-bond donors (Lipinski definition) is 1. The first kappa shape index (κ1) is 22.1. The first-order chi connectivity index (χ1) is 14.3. The molecule has 0 unspecified atom stereocenters. The molecule has 0 saturated carbocycles. The minimum absolute atomic E-state index is 0.0579. The van der Waals surface area contributed by atoms with Crippen LogP contribution in [0.3, 0.4) is 0 Å². The van der Waals surface area contributed by atoms with Gasteiger partial charge in [-0.05, 0) is 58.4 Å². The zero-order chi connectivity index (χ0) is 21.7. The average Bonchev–Trinajstić information content (AvgIpc) is 3.17. The standard InChI is InChI=1S/C21H21BrN2O5S/c1-3-24(4-2)30(26,27)16-10-11-18(28-15-8-6-5-7-9-15)17(14-16)23-21(25)19-12-13-20(22)29-19/h5-14H,3-4H2,1-2H3,(H,23,25). The molecular weight excluding hydrogens is 472 g/mol. The van der Waals surface area contributed by atoms with Gasteiger partial charge in [0.25, 0.3) is 5.91 Å². The highest BCUT2D eigenvalue weighted by molar-refractivity contribution is 9.10. The van der Waals surface area contributed by atoms with Gasteiger partial charge in [0.1, 0.15) is 5.75 Å². The van der Waals surface area contributed by atoms with Gasteiger partial charge in [0, 0.05) is 13.1 Å². The van der Waals surface area contributed by atoms with Crippen LogP contribution in [0, 0.1) is 0 Å². The molecule has 1 N–H and O–H groups in total. The van der Waals surface area contributed by atoms with Gasteiger partial charge < -0.3 is 14.5 Å². The number of carbonyl (C=O) groups excluding carboxylic acids is 1. The Hall–Kier alpha value is -2.62. The first-order valence-electron chi connectivity index (χ1n) is 9.29. The van der Waals surface area contributed by atoms with E-state index in [1.165, 1.54) is 28.6 Å². The molecule has 0 bridgehead atoms. The normalized spacial score (nSPS) is 11.5. The highest BCUT2D eigenvalue weighted by Crippen LogP contribution is 2.33. The van der Waals surface area contributed by atoms with E-state index in [0.29, 0.717) is 29.3 Å². The molecule has 7 nitrogen and oxygen atoms in total. The maximum absolute atomic E-state index is 12.9. The SMILES string of the molecule is CCN(CC)S(=O)(=O)c1ccc(Oc2ccccc2)c(NC(=O)c2ccc(Br)o2)c1. The van der Waals surface area contributed by atoms with Crippen LogP contribution in [0.4, 0.5) is 5.69 Å². The fourth-order valence-electron chi connectivity index (χ4n) is 2.80. The lowest BCUT2D eigenvalue weighted by molar-refractivity contribution is 0.0995. The fraction of sp³-hybridized carbons (Fsp3) is 0.190. The van der Waals surface area contributed by atoms with Crippen molar-refractivity contribution in [3.63, 3.8) is 0 Å². The molecule has 9 heteroatoms. The number of benzene rings is 2. The lowest BCUT2D eigenvalue weighted by Crippen LogP contribution is -2.30. The molecule has 1 heterocycles. The predicted molar refractivity (Wildman–Crippen MR) is 117 cm³/mol. The molecule has 3 rings (SSSR count). The summed E-state index contributed by atoms with van der Waals surface area (Å²) in [7, 11) is -3.71. The molecule has 0 spiro atoms. The average molecular weight is 493 g/mol. The predicted octanol–water partition coefficient (Wildman–Crippen LogP) is 5.12. The number of amides is 1. The van der Waals surface area contributed by atoms with E-state index >= 15 is 0 Å². The number of nitrogens with zero attached hydrogens (tertiary/aromatic N) is 1. The smallest absolute Gasteiger partial charge is 0.291 e. The second-order valence-electron chi connectivity index (χ2n) is 6.22. The quantitative estimate of drug-likeness (QED) is 0.471. The fourth-order valence-corrected chi connectivity index (χ4v) is 4.60. The summed E-state index contributed by atoms with van der Waals surface area (Å²) in [5.74, 6) is 0.396. The largest absolute Gasteiger partial charge is 0.455 e. The summed E-state index contributed by atoms with van der Waals surface area (Å²) in [4.78, 5) is 12.7. The Labute approximate surface area is 183 Å². The number of hydrogen-bond acceptors (Lipinski definition) is 5. The van der Waals surface area contributed by atoms with E-state index in [-0.39, 0.29) is 16.3 Å². The molecule has 1 amide bonds. The Morgan fingerprint density at radius 3 is 2.37 bits per heavy atom. The Morgan fingerprint density at radius 2 is 1.77 bits per heavy atom. The Kier molecular flexibility index (Phi) is 6.96. The minimum Gasteiger partial charge on any atom is -0.455 e. The topological polar surface area (TPSA) is 88.9 Å². The van der Waals surface area contributed by atoms with Crippen LogP contribution in [0.15, 0.2) is 74.6 Å². The molecule has 0 saturated heterocycles. The number of sulfonamides is 1. The number of rotatable bonds is 8. The van der Waals surface area contributed by atoms with Crippen molar-refractivity contribution < 1.29 is 22.4 Å². The third-order valence-electron chi connectivity index (χ3n) is 4.31. The van der Waals surface area contributed by atoms with Crippen LogP contribution in [0.25, 0.3) is 0 Å². The highest BCUT2D eigenvalue weighted by Gasteiger charge is 2.24. The van der Waals surface area contributed by atoms with Gasteiger partial charge in [-0.25, -0.2) is 8.42 Å². The molecule has 0 aliphatic rings. The number of ether oxygens (including phenoxy) is 1. The second-order valence-corrected chi connectivity index (χ2v) is 8.94. The van der Waals surface area contributed by atoms with Crippen LogP contribution >= 0.6 is 15.9 Å². The van der Waals surface area contributed by atoms with Crippen LogP contribution in [-0.4, -0.2) is 31.7 Å². The maximum Gasteiger partial charge on any atom is 0.291 e. The Bertz CT molecular complexity index is 1130. The highest BCUT2D eigenvalue weighted by atomic mass is 79.9. The third-order valence-corrected chi connectivity index (χ3v) is 6.78. The zero-order valence-corrected chi connectivity index (χ0v) is 18.9. The summed E-state index contributed by atoms with van der Waals surface area (Å²) in [6.45, 7) is 4.21. The van der Waals surface area contributed by atoms with Gasteiger partial charge in [-0.3, -0.25) is 4.79 Å². The van der Waals surface area contributed by atoms with Crippen molar-refractivity contribution in [2.45, 2.75) is 18.7 Å². The maximum atomic E-state index is 12.9. The molecule has 0 atom stereocenters. The first-order valence-corrected chi connectivity index (χ1v) is 11.5. The van der Waals surface area contributed by atoms with Crippen molar-refractivity contribution in [1.82, 2.24) is 4.31 Å². The number of carbonyl (C=O) groups is 1. The van der Waals surface area contributed by atoms with E-state index < -0.39 is 15.9 Å². The van der Waals surface area contributed by atoms with E-state index in [2.05, 4.69) is 21.2 Å². The van der Waals surface area contributed by atoms with E-state index in [4.69, 9.17) is 9.15 Å². The summed E-state index contributed by atoms with van der Waals surface area (Å²) in [6, 6.07) is 16.5. The zero-order valence-electron chi connectivity index (χ0n) is 16.5. The molecular formula is C21H21BrN2O5S. The monoisotopic (exact) mass is 492 g/mol. The van der Waals surface area contributed by atoms with E-state index in [1.807, 2.05) is 18.2 Å². The summed E-state index contributed by atoms with van der Waals surface area (Å²) < 4.78 is 38.8. The van der Waals surface area contributed by atoms with Crippen molar-refractivity contribution in [3.05, 3.63) is 71.1 Å². The van der Waals surface area contributed by atoms with E-state index in [0.717, 1.165) is 0 Å². The summed E-state index contributed by atoms with van der Waals surface area (Å²) in [5, 5.41) is 2.69. The Balaban J connectivity index is 2.01. The molecule has 2 aromatic carbocycles. The second kappa shape index (κ2) is 9.46. The van der Waals surface area contributed by atoms with Gasteiger partial charge in [0.15, 0.2) is 16.2 Å². The lowest BCUT2D eigenvalue weighted by atomic mass is 10.2. The molecule has 0 aliphatic heterocycles. The molecule has 1 aromatic heterocycles. The summed E-state index contributed by atoms with van der Waals surface area (Å²) in [6.07, 6.45) is 0. The van der Waals surface area contributed by atoms with Gasteiger partial charge in [-0.2, -0.15) is 4.31 Å². The van der Waals surface area contributed by atoms with E-state index in [1.54, 1.807) is 32.0 Å². The van der Waals surface area contributed by atoms with Gasteiger partial charge in [-0.15, -0.1) is 0 Å². The third kappa shape index (κ3) is 4.92. The lowest BCUT2D eigenvalue weighted by Gasteiger charge is -2.20. The van der Waals surface area contributed by atoms with Crippen LogP contribution in [0.2, 0.25) is 0 Å². The van der Waals surface area contributed by atoms with Crippen LogP contribution < -0.4 is 10.1 Å². The minimum atomic E-state index is -3.71. The van der Waals surface area contributed by atoms with Crippen molar-refractivity contribution in [3.8, 4) is 11.5 Å².